The lowest BCUT2D eigenvalue weighted by molar-refractivity contribution is 0.150. The fourth-order valence-electron chi connectivity index (χ4n) is 3.64. The van der Waals surface area contributed by atoms with Crippen LogP contribution in [0, 0.1) is 5.92 Å². The molecule has 132 valence electrons. The van der Waals surface area contributed by atoms with Crippen LogP contribution in [-0.2, 0) is 24.4 Å². The topological polar surface area (TPSA) is 71.9 Å². The van der Waals surface area contributed by atoms with Crippen molar-refractivity contribution in [3.05, 3.63) is 42.0 Å². The van der Waals surface area contributed by atoms with Crippen LogP contribution in [0.2, 0.25) is 0 Å². The van der Waals surface area contributed by atoms with Crippen molar-refractivity contribution in [2.75, 3.05) is 20.2 Å². The molecule has 7 nitrogen and oxygen atoms in total. The third kappa shape index (κ3) is 3.88. The number of imidazole rings is 1. The fourth-order valence-corrected chi connectivity index (χ4v) is 3.64. The third-order valence-electron chi connectivity index (χ3n) is 4.74. The van der Waals surface area contributed by atoms with E-state index in [1.807, 2.05) is 23.0 Å². The lowest BCUT2D eigenvalue weighted by Crippen LogP contribution is -2.36. The zero-order chi connectivity index (χ0) is 17.1. The standard InChI is InChI=1S/C18H24N6O/c1-25-13-15-11-24(22-21-15)10-14-5-4-8-23(9-14)12-18-19-16-6-2-3-7-17(16)20-18/h2-3,6-7,11,14H,4-5,8-10,12-13H2,1H3,(H,19,20)/t14-/m0/s1. The number of ether oxygens (including phenoxy) is 1. The Morgan fingerprint density at radius 1 is 1.32 bits per heavy atom. The molecule has 0 saturated carbocycles. The van der Waals surface area contributed by atoms with E-state index in [0.29, 0.717) is 12.5 Å². The van der Waals surface area contributed by atoms with Crippen LogP contribution < -0.4 is 0 Å². The van der Waals surface area contributed by atoms with Crippen LogP contribution in [0.1, 0.15) is 24.4 Å². The molecule has 0 unspecified atom stereocenters. The number of nitrogens with one attached hydrogen (secondary N) is 1. The number of nitrogens with zero attached hydrogens (tertiary/aromatic N) is 5. The second-order valence-electron chi connectivity index (χ2n) is 6.81. The minimum absolute atomic E-state index is 0.517. The minimum atomic E-state index is 0.517. The van der Waals surface area contributed by atoms with Crippen molar-refractivity contribution in [1.82, 2.24) is 29.9 Å². The van der Waals surface area contributed by atoms with Crippen molar-refractivity contribution in [1.29, 1.82) is 0 Å². The van der Waals surface area contributed by atoms with Crippen LogP contribution in [0.15, 0.2) is 30.5 Å². The monoisotopic (exact) mass is 340 g/mol. The highest BCUT2D eigenvalue weighted by atomic mass is 16.5. The number of benzene rings is 1. The lowest BCUT2D eigenvalue weighted by Gasteiger charge is -2.31. The van der Waals surface area contributed by atoms with Crippen molar-refractivity contribution >= 4 is 11.0 Å². The number of piperidine rings is 1. The van der Waals surface area contributed by atoms with Gasteiger partial charge in [-0.25, -0.2) is 4.98 Å². The highest BCUT2D eigenvalue weighted by molar-refractivity contribution is 5.74. The molecule has 0 spiro atoms. The zero-order valence-electron chi connectivity index (χ0n) is 14.6. The summed E-state index contributed by atoms with van der Waals surface area (Å²) in [6.07, 6.45) is 4.43. The first kappa shape index (κ1) is 16.2. The van der Waals surface area contributed by atoms with Gasteiger partial charge in [0, 0.05) is 20.2 Å². The van der Waals surface area contributed by atoms with Gasteiger partial charge >= 0.3 is 0 Å². The molecule has 3 heterocycles. The summed E-state index contributed by atoms with van der Waals surface area (Å²) in [7, 11) is 1.68. The summed E-state index contributed by atoms with van der Waals surface area (Å²) >= 11 is 0. The van der Waals surface area contributed by atoms with Crippen molar-refractivity contribution in [3.63, 3.8) is 0 Å². The molecule has 4 rings (SSSR count). The second-order valence-corrected chi connectivity index (χ2v) is 6.81. The van der Waals surface area contributed by atoms with Crippen LogP contribution in [0.4, 0.5) is 0 Å². The molecule has 1 aliphatic rings. The van der Waals surface area contributed by atoms with E-state index in [0.717, 1.165) is 48.7 Å². The molecule has 0 amide bonds. The first-order valence-electron chi connectivity index (χ1n) is 8.84. The summed E-state index contributed by atoms with van der Waals surface area (Å²) in [4.78, 5) is 10.6. The van der Waals surface area contributed by atoms with E-state index in [9.17, 15) is 0 Å². The number of likely N-dealkylation sites (tertiary alicyclic amines) is 1. The van der Waals surface area contributed by atoms with E-state index in [1.165, 1.54) is 12.8 Å². The summed E-state index contributed by atoms with van der Waals surface area (Å²) in [6.45, 7) is 4.49. The molecule has 1 aliphatic heterocycles. The normalized spacial score (nSPS) is 18.8. The highest BCUT2D eigenvalue weighted by Gasteiger charge is 2.21. The average Bonchev–Trinajstić information content (AvgIpc) is 3.21. The van der Waals surface area contributed by atoms with E-state index < -0.39 is 0 Å². The number of methoxy groups -OCH3 is 1. The Morgan fingerprint density at radius 2 is 2.24 bits per heavy atom. The van der Waals surface area contributed by atoms with Gasteiger partial charge in [0.1, 0.15) is 11.5 Å². The predicted molar refractivity (Wildman–Crippen MR) is 94.8 cm³/mol. The lowest BCUT2D eigenvalue weighted by atomic mass is 9.98. The molecule has 1 saturated heterocycles. The number of rotatable bonds is 6. The minimum Gasteiger partial charge on any atom is -0.378 e. The van der Waals surface area contributed by atoms with Gasteiger partial charge in [-0.2, -0.15) is 0 Å². The van der Waals surface area contributed by atoms with E-state index >= 15 is 0 Å². The molecule has 0 radical (unpaired) electrons. The summed E-state index contributed by atoms with van der Waals surface area (Å²) < 4.78 is 7.05. The van der Waals surface area contributed by atoms with E-state index in [4.69, 9.17) is 9.72 Å². The number of para-hydroxylation sites is 2. The Hall–Kier alpha value is -2.25. The number of aromatic nitrogens is 5. The largest absolute Gasteiger partial charge is 0.378 e. The summed E-state index contributed by atoms with van der Waals surface area (Å²) in [6, 6.07) is 8.20. The van der Waals surface area contributed by atoms with Gasteiger partial charge in [0.25, 0.3) is 0 Å². The molecule has 1 N–H and O–H groups in total. The maximum Gasteiger partial charge on any atom is 0.121 e. The van der Waals surface area contributed by atoms with Gasteiger partial charge in [0.15, 0.2) is 0 Å². The molecule has 1 aromatic carbocycles. The average molecular weight is 340 g/mol. The van der Waals surface area contributed by atoms with E-state index in [-0.39, 0.29) is 0 Å². The molecule has 0 aliphatic carbocycles. The van der Waals surface area contributed by atoms with E-state index in [2.05, 4.69) is 32.3 Å². The fraction of sp³-hybridized carbons (Fsp3) is 0.500. The number of fused-ring (bicyclic) bond motifs is 1. The number of H-pyrrole nitrogens is 1. The Kier molecular flexibility index (Phi) is 4.76. The number of hydrogen-bond acceptors (Lipinski definition) is 5. The first-order chi connectivity index (χ1) is 12.3. The van der Waals surface area contributed by atoms with Gasteiger partial charge in [-0.1, -0.05) is 17.3 Å². The van der Waals surface area contributed by atoms with Crippen molar-refractivity contribution in [2.24, 2.45) is 5.92 Å². The van der Waals surface area contributed by atoms with Gasteiger partial charge in [0.05, 0.1) is 30.4 Å². The summed E-state index contributed by atoms with van der Waals surface area (Å²) in [5.74, 6) is 1.64. The van der Waals surface area contributed by atoms with E-state index in [1.54, 1.807) is 7.11 Å². The Bertz CT molecular complexity index is 793. The second kappa shape index (κ2) is 7.33. The summed E-state index contributed by atoms with van der Waals surface area (Å²) in [5.41, 5.74) is 3.04. The van der Waals surface area contributed by atoms with Crippen molar-refractivity contribution in [3.8, 4) is 0 Å². The maximum absolute atomic E-state index is 5.11. The molecule has 2 aromatic heterocycles. The van der Waals surface area contributed by atoms with Crippen molar-refractivity contribution in [2.45, 2.75) is 32.5 Å². The molecule has 1 atom stereocenters. The van der Waals surface area contributed by atoms with Gasteiger partial charge in [0.2, 0.25) is 0 Å². The Balaban J connectivity index is 1.36. The molecular weight excluding hydrogens is 316 g/mol. The quantitative estimate of drug-likeness (QED) is 0.745. The number of hydrogen-bond donors (Lipinski definition) is 1. The summed E-state index contributed by atoms with van der Waals surface area (Å²) in [5, 5.41) is 8.36. The third-order valence-corrected chi connectivity index (χ3v) is 4.74. The first-order valence-corrected chi connectivity index (χ1v) is 8.84. The van der Waals surface area contributed by atoms with Gasteiger partial charge in [-0.05, 0) is 37.4 Å². The molecule has 7 heteroatoms. The van der Waals surface area contributed by atoms with Crippen LogP contribution >= 0.6 is 0 Å². The molecule has 1 fully saturated rings. The Labute approximate surface area is 147 Å². The molecule has 0 bridgehead atoms. The van der Waals surface area contributed by atoms with Gasteiger partial charge in [-0.15, -0.1) is 5.10 Å². The van der Waals surface area contributed by atoms with Crippen LogP contribution in [0.5, 0.6) is 0 Å². The van der Waals surface area contributed by atoms with Gasteiger partial charge in [-0.3, -0.25) is 9.58 Å². The SMILES string of the molecule is COCc1cn(C[C@H]2CCCN(Cc3nc4ccccc4[nH]3)C2)nn1. The smallest absolute Gasteiger partial charge is 0.121 e. The van der Waals surface area contributed by atoms with Crippen LogP contribution in [-0.4, -0.2) is 50.1 Å². The zero-order valence-corrected chi connectivity index (χ0v) is 14.6. The molecular formula is C18H24N6O. The van der Waals surface area contributed by atoms with Gasteiger partial charge < -0.3 is 9.72 Å². The molecule has 3 aromatic rings. The van der Waals surface area contributed by atoms with Crippen LogP contribution in [0.25, 0.3) is 11.0 Å². The van der Waals surface area contributed by atoms with Crippen LogP contribution in [0.3, 0.4) is 0 Å². The Morgan fingerprint density at radius 3 is 3.12 bits per heavy atom. The molecule has 25 heavy (non-hydrogen) atoms. The maximum atomic E-state index is 5.11. The van der Waals surface area contributed by atoms with Crippen molar-refractivity contribution < 1.29 is 4.74 Å². The predicted octanol–water partition coefficient (Wildman–Crippen LogP) is 2.21. The highest BCUT2D eigenvalue weighted by Crippen LogP contribution is 2.20. The number of aromatic amines is 1.